The summed E-state index contributed by atoms with van der Waals surface area (Å²) in [5.41, 5.74) is 1.20. The predicted molar refractivity (Wildman–Crippen MR) is 36.9 cm³/mol. The van der Waals surface area contributed by atoms with Crippen molar-refractivity contribution in [1.29, 1.82) is 0 Å². The molecule has 0 nitrogen and oxygen atoms in total. The van der Waals surface area contributed by atoms with E-state index in [2.05, 4.69) is 6.07 Å². The fourth-order valence-corrected chi connectivity index (χ4v) is 0.483. The van der Waals surface area contributed by atoms with Crippen molar-refractivity contribution in [2.24, 2.45) is 0 Å². The van der Waals surface area contributed by atoms with Crippen LogP contribution in [0.5, 0.6) is 0 Å². The van der Waals surface area contributed by atoms with Gasteiger partial charge in [0.2, 0.25) is 0 Å². The molecule has 0 unspecified atom stereocenters. The Balaban J connectivity index is 0. The van der Waals surface area contributed by atoms with Crippen LogP contribution < -0.4 is 0 Å². The first-order valence-electron chi connectivity index (χ1n) is 2.33. The van der Waals surface area contributed by atoms with Crippen molar-refractivity contribution in [3.63, 3.8) is 0 Å². The molecule has 0 saturated carbocycles. The third kappa shape index (κ3) is 2.33. The summed E-state index contributed by atoms with van der Waals surface area (Å²) in [6.45, 7) is 2.03. The first-order chi connectivity index (χ1) is 3.39. The Bertz CT molecular complexity index is 139. The van der Waals surface area contributed by atoms with Gasteiger partial charge in [-0.1, -0.05) is 6.92 Å². The normalized spacial score (nSPS) is 7.62. The maximum Gasteiger partial charge on any atom is 2.00 e. The Morgan fingerprint density at radius 1 is 1.50 bits per heavy atom. The summed E-state index contributed by atoms with van der Waals surface area (Å²) in [5.74, 6) is 0. The van der Waals surface area contributed by atoms with Crippen LogP contribution in [-0.2, 0) is 0 Å². The molecule has 0 spiro atoms. The van der Waals surface area contributed by atoms with Crippen LogP contribution in [0, 0.1) is 13.0 Å². The van der Waals surface area contributed by atoms with E-state index in [0.717, 1.165) is 0 Å². The summed E-state index contributed by atoms with van der Waals surface area (Å²) in [5, 5.41) is 0. The van der Waals surface area contributed by atoms with Crippen molar-refractivity contribution in [1.82, 2.24) is 0 Å². The van der Waals surface area contributed by atoms with E-state index in [0.29, 0.717) is 0 Å². The second-order valence-corrected chi connectivity index (χ2v) is 1.55. The van der Waals surface area contributed by atoms with Gasteiger partial charge in [-0.25, -0.2) is 0 Å². The van der Waals surface area contributed by atoms with Crippen molar-refractivity contribution in [3.05, 3.63) is 35.9 Å². The Morgan fingerprint density at radius 3 is 2.50 bits per heavy atom. The molecule has 1 heteroatoms. The van der Waals surface area contributed by atoms with Crippen LogP contribution in [0.4, 0.5) is 0 Å². The van der Waals surface area contributed by atoms with Gasteiger partial charge in [-0.15, -0.1) is 0 Å². The van der Waals surface area contributed by atoms with Gasteiger partial charge in [0.15, 0.2) is 0 Å². The Labute approximate surface area is 67.6 Å². The Kier molecular flexibility index (Phi) is 3.92. The van der Waals surface area contributed by atoms with Crippen LogP contribution in [0.1, 0.15) is 6.99 Å². The van der Waals surface area contributed by atoms with Crippen molar-refractivity contribution in [2.75, 3.05) is 0 Å². The van der Waals surface area contributed by atoms with Crippen LogP contribution >= 0.6 is 0 Å². The molecule has 0 atom stereocenters. The summed E-state index contributed by atoms with van der Waals surface area (Å²) in [6.07, 6.45) is 0. The molecule has 8 heavy (non-hydrogen) atoms. The van der Waals surface area contributed by atoms with Gasteiger partial charge >= 0.3 is 23.1 Å². The van der Waals surface area contributed by atoms with Gasteiger partial charge in [0.05, 0.1) is 0 Å². The van der Waals surface area contributed by atoms with Crippen LogP contribution in [0.2, 0.25) is 0 Å². The minimum Gasteiger partial charge on any atom is -1.00 e. The molecular formula is C7H8Mg. The SMILES string of the molecule is Cc1[c-]cccc1.[2H-].[Mg+2]. The molecule has 0 fully saturated rings. The summed E-state index contributed by atoms with van der Waals surface area (Å²) >= 11 is 0. The molecule has 0 amide bonds. The van der Waals surface area contributed by atoms with E-state index in [1.165, 1.54) is 5.56 Å². The van der Waals surface area contributed by atoms with Crippen LogP contribution in [0.25, 0.3) is 0 Å². The van der Waals surface area contributed by atoms with E-state index in [1.807, 2.05) is 31.2 Å². The molecule has 1 aromatic carbocycles. The van der Waals surface area contributed by atoms with Gasteiger partial charge < -0.3 is 1.43 Å². The number of hydrogen-bond donors (Lipinski definition) is 0. The Morgan fingerprint density at radius 2 is 2.25 bits per heavy atom. The smallest absolute Gasteiger partial charge is 1.00 e. The topological polar surface area (TPSA) is 0 Å². The van der Waals surface area contributed by atoms with Gasteiger partial charge in [0.25, 0.3) is 0 Å². The van der Waals surface area contributed by atoms with Crippen LogP contribution in [0.15, 0.2) is 24.3 Å². The molecule has 1 rings (SSSR count). The van der Waals surface area contributed by atoms with Crippen molar-refractivity contribution in [2.45, 2.75) is 6.92 Å². The molecule has 0 N–H and O–H groups in total. The van der Waals surface area contributed by atoms with E-state index in [1.54, 1.807) is 0 Å². The first-order valence-corrected chi connectivity index (χ1v) is 2.33. The van der Waals surface area contributed by atoms with Crippen LogP contribution in [0.3, 0.4) is 0 Å². The quantitative estimate of drug-likeness (QED) is 0.357. The monoisotopic (exact) mass is 117 g/mol. The second-order valence-electron chi connectivity index (χ2n) is 1.55. The maximum atomic E-state index is 3.03. The standard InChI is InChI=1S/C7H7.Mg.H/c1-7-5-3-2-4-6-7;;/h2-5H,1H3;;/q-1;+2;-1/i;;1+1. The number of hydrogen-bond acceptors (Lipinski definition) is 0. The van der Waals surface area contributed by atoms with E-state index >= 15 is 0 Å². The average molecular weight is 117 g/mol. The molecule has 0 saturated heterocycles. The summed E-state index contributed by atoms with van der Waals surface area (Å²) in [4.78, 5) is 0. The summed E-state index contributed by atoms with van der Waals surface area (Å²) in [6, 6.07) is 10.9. The number of aryl methyl sites for hydroxylation is 1. The molecule has 38 valence electrons. The third-order valence-electron chi connectivity index (χ3n) is 0.865. The molecule has 0 aliphatic heterocycles. The third-order valence-corrected chi connectivity index (χ3v) is 0.865. The van der Waals surface area contributed by atoms with Gasteiger partial charge in [0.1, 0.15) is 0 Å². The molecule has 0 aliphatic rings. The number of benzene rings is 1. The molecule has 0 heterocycles. The van der Waals surface area contributed by atoms with Crippen molar-refractivity contribution in [3.8, 4) is 0 Å². The predicted octanol–water partition coefficient (Wildman–Crippen LogP) is 1.53. The Hall–Kier alpha value is -0.0138. The zero-order valence-electron chi connectivity index (χ0n) is 6.02. The first kappa shape index (κ1) is 7.99. The average Bonchev–Trinajstić information content (AvgIpc) is 1.69. The van der Waals surface area contributed by atoms with E-state index in [4.69, 9.17) is 0 Å². The fraction of sp³-hybridized carbons (Fsp3) is 0.143. The van der Waals surface area contributed by atoms with Gasteiger partial charge in [-0.3, -0.25) is 0 Å². The van der Waals surface area contributed by atoms with Crippen molar-refractivity contribution < 1.29 is 1.43 Å². The minimum absolute atomic E-state index is 0. The molecule has 0 aromatic heterocycles. The fourth-order valence-electron chi connectivity index (χ4n) is 0.483. The maximum absolute atomic E-state index is 3.03. The molecule has 0 radical (unpaired) electrons. The van der Waals surface area contributed by atoms with Gasteiger partial charge in [-0.2, -0.15) is 35.9 Å². The molecule has 0 bridgehead atoms. The molecule has 1 aromatic rings. The van der Waals surface area contributed by atoms with E-state index < -0.39 is 0 Å². The van der Waals surface area contributed by atoms with Gasteiger partial charge in [0, 0.05) is 0 Å². The summed E-state index contributed by atoms with van der Waals surface area (Å²) < 4.78 is 0. The summed E-state index contributed by atoms with van der Waals surface area (Å²) in [7, 11) is 0. The van der Waals surface area contributed by atoms with Crippen LogP contribution in [-0.4, -0.2) is 23.1 Å². The van der Waals surface area contributed by atoms with Gasteiger partial charge in [-0.05, 0) is 0 Å². The minimum atomic E-state index is 0. The molecular weight excluding hydrogens is 108 g/mol. The zero-order chi connectivity index (χ0) is 5.11. The zero-order valence-corrected chi connectivity index (χ0v) is 6.43. The van der Waals surface area contributed by atoms with Crippen molar-refractivity contribution >= 4 is 23.1 Å². The second kappa shape index (κ2) is 3.93. The largest absolute Gasteiger partial charge is 2.00 e. The van der Waals surface area contributed by atoms with E-state index in [9.17, 15) is 0 Å². The van der Waals surface area contributed by atoms with E-state index in [-0.39, 0.29) is 24.5 Å². The molecule has 0 aliphatic carbocycles. The number of rotatable bonds is 0.